The van der Waals surface area contributed by atoms with Crippen molar-refractivity contribution in [2.75, 3.05) is 0 Å². The number of rotatable bonds is 7. The molecule has 1 saturated carbocycles. The van der Waals surface area contributed by atoms with E-state index in [0.717, 1.165) is 17.0 Å². The highest BCUT2D eigenvalue weighted by Crippen LogP contribution is 2.85. The monoisotopic (exact) mass is 424 g/mol. The molecule has 0 aromatic heterocycles. The zero-order chi connectivity index (χ0) is 21.9. The standard InChI is InChI=1S/C25H52OSi2/c1-14-21(26-27(17(2)3,18(4)5)19(6)7)20-15-16-22-23(20)28(22,24(8,9)10)25(11,12)13/h17-23H,14-16H2,1-13H3/t20-,21+,22+,23-/m1/s1. The van der Waals surface area contributed by atoms with E-state index >= 15 is 0 Å². The number of hydrogen-bond acceptors (Lipinski definition) is 1. The summed E-state index contributed by atoms with van der Waals surface area (Å²) in [6.45, 7) is 32.4. The summed E-state index contributed by atoms with van der Waals surface area (Å²) in [5.41, 5.74) is 4.10. The Bertz CT molecular complexity index is 502. The van der Waals surface area contributed by atoms with Gasteiger partial charge in [0.1, 0.15) is 0 Å². The molecule has 1 heterocycles. The van der Waals surface area contributed by atoms with E-state index in [0.29, 0.717) is 32.8 Å². The van der Waals surface area contributed by atoms with Crippen molar-refractivity contribution in [3.8, 4) is 0 Å². The average Bonchev–Trinajstić information content (AvgIpc) is 3.04. The zero-order valence-electron chi connectivity index (χ0n) is 21.6. The lowest BCUT2D eigenvalue weighted by molar-refractivity contribution is 0.112. The molecule has 2 aliphatic rings. The third kappa shape index (κ3) is 3.43. The molecule has 0 unspecified atom stereocenters. The van der Waals surface area contributed by atoms with Crippen LogP contribution in [-0.4, -0.2) is 22.5 Å². The van der Waals surface area contributed by atoms with E-state index in [-0.39, 0.29) is 0 Å². The van der Waals surface area contributed by atoms with Crippen LogP contribution in [0.3, 0.4) is 0 Å². The second kappa shape index (κ2) is 7.82. The fraction of sp³-hybridized carbons (Fsp3) is 1.00. The van der Waals surface area contributed by atoms with Crippen molar-refractivity contribution in [2.45, 2.75) is 153 Å². The lowest BCUT2D eigenvalue weighted by Gasteiger charge is -2.48. The second-order valence-corrected chi connectivity index (χ2v) is 24.7. The van der Waals surface area contributed by atoms with Gasteiger partial charge in [-0.25, -0.2) is 0 Å². The van der Waals surface area contributed by atoms with Crippen molar-refractivity contribution in [1.29, 1.82) is 0 Å². The third-order valence-corrected chi connectivity index (χ3v) is 23.5. The molecule has 0 aromatic carbocycles. The Hall–Kier alpha value is 0.394. The van der Waals surface area contributed by atoms with Gasteiger partial charge in [-0.15, -0.1) is 0 Å². The van der Waals surface area contributed by atoms with Crippen LogP contribution in [0, 0.1) is 5.92 Å². The average molecular weight is 425 g/mol. The van der Waals surface area contributed by atoms with Crippen molar-refractivity contribution in [1.82, 2.24) is 0 Å². The van der Waals surface area contributed by atoms with Crippen LogP contribution in [0.5, 0.6) is 0 Å². The largest absolute Gasteiger partial charge is 0.413 e. The summed E-state index contributed by atoms with van der Waals surface area (Å²) in [6, 6.07) is 0. The van der Waals surface area contributed by atoms with Gasteiger partial charge in [0.05, 0.1) is 8.07 Å². The highest BCUT2D eigenvalue weighted by atomic mass is 28.4. The first-order valence-electron chi connectivity index (χ1n) is 12.3. The van der Waals surface area contributed by atoms with E-state index in [1.807, 2.05) is 0 Å². The van der Waals surface area contributed by atoms with E-state index in [2.05, 4.69) is 90.0 Å². The van der Waals surface area contributed by atoms with E-state index < -0.39 is 16.4 Å². The molecule has 2 fully saturated rings. The van der Waals surface area contributed by atoms with Crippen molar-refractivity contribution >= 4 is 16.4 Å². The molecule has 1 aliphatic carbocycles. The molecule has 0 bridgehead atoms. The molecule has 1 aliphatic heterocycles. The summed E-state index contributed by atoms with van der Waals surface area (Å²) >= 11 is 0. The van der Waals surface area contributed by atoms with Crippen LogP contribution < -0.4 is 0 Å². The summed E-state index contributed by atoms with van der Waals surface area (Å²) in [6.07, 6.45) is 4.60. The lowest BCUT2D eigenvalue weighted by Crippen LogP contribution is -2.52. The first kappa shape index (κ1) is 24.7. The third-order valence-electron chi connectivity index (χ3n) is 9.13. The minimum Gasteiger partial charge on any atom is -0.413 e. The van der Waals surface area contributed by atoms with Gasteiger partial charge < -0.3 is 4.43 Å². The molecule has 0 N–H and O–H groups in total. The maximum atomic E-state index is 7.43. The summed E-state index contributed by atoms with van der Waals surface area (Å²) in [4.78, 5) is 0. The molecule has 166 valence electrons. The predicted molar refractivity (Wildman–Crippen MR) is 132 cm³/mol. The molecular formula is C25H52OSi2. The second-order valence-electron chi connectivity index (χ2n) is 13.1. The normalized spacial score (nSPS) is 28.9. The molecule has 1 nitrogen and oxygen atoms in total. The van der Waals surface area contributed by atoms with Crippen LogP contribution in [-0.2, 0) is 4.43 Å². The Morgan fingerprint density at radius 2 is 1.25 bits per heavy atom. The SMILES string of the molecule is CC[C@H](O[Si](C(C)C)(C(C)C)C(C)C)[C@H]1CC[C@H]2[C@@H]1[Si]2(C(C)(C)C)C(C)(C)C. The zero-order valence-corrected chi connectivity index (χ0v) is 23.6. The van der Waals surface area contributed by atoms with Crippen molar-refractivity contribution < 1.29 is 4.43 Å². The van der Waals surface area contributed by atoms with E-state index in [4.69, 9.17) is 4.43 Å². The van der Waals surface area contributed by atoms with Crippen LogP contribution in [0.2, 0.25) is 37.8 Å². The fourth-order valence-corrected chi connectivity index (χ4v) is 24.6. The number of hydrogen-bond donors (Lipinski definition) is 0. The molecule has 4 atom stereocenters. The molecule has 0 amide bonds. The molecule has 0 spiro atoms. The maximum Gasteiger partial charge on any atom is 0.200 e. The van der Waals surface area contributed by atoms with Crippen molar-refractivity contribution in [3.63, 3.8) is 0 Å². The Labute approximate surface area is 179 Å². The molecule has 3 heteroatoms. The molecule has 1 saturated heterocycles. The summed E-state index contributed by atoms with van der Waals surface area (Å²) in [5.74, 6) is 0.822. The Morgan fingerprint density at radius 3 is 1.54 bits per heavy atom. The molecule has 0 aromatic rings. The minimum atomic E-state index is -1.81. The summed E-state index contributed by atoms with van der Waals surface area (Å²) in [7, 11) is -3.18. The predicted octanol–water partition coefficient (Wildman–Crippen LogP) is 9.17. The van der Waals surface area contributed by atoms with E-state index in [1.165, 1.54) is 19.3 Å². The van der Waals surface area contributed by atoms with Gasteiger partial charge in [0.2, 0.25) is 8.32 Å². The smallest absolute Gasteiger partial charge is 0.200 e. The molecule has 28 heavy (non-hydrogen) atoms. The Kier molecular flexibility index (Phi) is 6.89. The van der Waals surface area contributed by atoms with Gasteiger partial charge in [0, 0.05) is 6.10 Å². The molecular weight excluding hydrogens is 372 g/mol. The van der Waals surface area contributed by atoms with Gasteiger partial charge in [0.15, 0.2) is 0 Å². The highest BCUT2D eigenvalue weighted by Gasteiger charge is 2.79. The Balaban J connectivity index is 2.39. The molecule has 2 rings (SSSR count). The van der Waals surface area contributed by atoms with Crippen LogP contribution in [0.1, 0.15) is 109 Å². The lowest BCUT2D eigenvalue weighted by atomic mass is 9.99. The highest BCUT2D eigenvalue weighted by molar-refractivity contribution is 6.97. The molecule has 0 radical (unpaired) electrons. The first-order valence-corrected chi connectivity index (χ1v) is 16.6. The fourth-order valence-electron chi connectivity index (χ4n) is 8.88. The van der Waals surface area contributed by atoms with Gasteiger partial charge in [-0.3, -0.25) is 0 Å². The van der Waals surface area contributed by atoms with Gasteiger partial charge in [-0.05, 0) is 56.5 Å². The first-order chi connectivity index (χ1) is 12.6. The topological polar surface area (TPSA) is 9.23 Å². The van der Waals surface area contributed by atoms with Crippen LogP contribution in [0.4, 0.5) is 0 Å². The van der Waals surface area contributed by atoms with Crippen LogP contribution in [0.15, 0.2) is 0 Å². The van der Waals surface area contributed by atoms with Crippen molar-refractivity contribution in [3.05, 3.63) is 0 Å². The quantitative estimate of drug-likeness (QED) is 0.370. The van der Waals surface area contributed by atoms with E-state index in [1.54, 1.807) is 0 Å². The van der Waals surface area contributed by atoms with Gasteiger partial charge in [-0.1, -0.05) is 96.4 Å². The van der Waals surface area contributed by atoms with Crippen LogP contribution >= 0.6 is 0 Å². The van der Waals surface area contributed by atoms with Crippen LogP contribution in [0.25, 0.3) is 0 Å². The van der Waals surface area contributed by atoms with E-state index in [9.17, 15) is 0 Å². The van der Waals surface area contributed by atoms with Gasteiger partial charge in [0.25, 0.3) is 0 Å². The van der Waals surface area contributed by atoms with Gasteiger partial charge >= 0.3 is 0 Å². The van der Waals surface area contributed by atoms with Crippen molar-refractivity contribution in [2.24, 2.45) is 5.92 Å². The summed E-state index contributed by atoms with van der Waals surface area (Å²) in [5, 5.41) is 1.00. The summed E-state index contributed by atoms with van der Waals surface area (Å²) < 4.78 is 7.43. The maximum absolute atomic E-state index is 7.43. The minimum absolute atomic E-state index is 0.493. The van der Waals surface area contributed by atoms with Gasteiger partial charge in [-0.2, -0.15) is 0 Å². The Morgan fingerprint density at radius 1 is 0.821 bits per heavy atom. The number of fused-ring (bicyclic) bond motifs is 1.